The molecule has 20 heavy (non-hydrogen) atoms. The van der Waals surface area contributed by atoms with Crippen LogP contribution in [0.15, 0.2) is 18.2 Å². The average molecular weight is 295 g/mol. The van der Waals surface area contributed by atoms with Crippen LogP contribution in [0.2, 0.25) is 0 Å². The predicted octanol–water partition coefficient (Wildman–Crippen LogP) is 2.17. The molecule has 0 bridgehead atoms. The van der Waals surface area contributed by atoms with Gasteiger partial charge in [0.25, 0.3) is 0 Å². The SMILES string of the molecule is CSCCC(NC(=O)Cc1ccc(C)c(C)c1)C(=O)O. The summed E-state index contributed by atoms with van der Waals surface area (Å²) in [6.07, 6.45) is 2.56. The van der Waals surface area contributed by atoms with Crippen LogP contribution < -0.4 is 5.32 Å². The molecule has 1 atom stereocenters. The van der Waals surface area contributed by atoms with Crippen LogP contribution in [-0.4, -0.2) is 35.0 Å². The van der Waals surface area contributed by atoms with Crippen LogP contribution in [0.1, 0.15) is 23.1 Å². The Morgan fingerprint density at radius 1 is 1.30 bits per heavy atom. The Labute approximate surface area is 124 Å². The van der Waals surface area contributed by atoms with Crippen molar-refractivity contribution in [3.8, 4) is 0 Å². The van der Waals surface area contributed by atoms with Crippen molar-refractivity contribution in [1.29, 1.82) is 0 Å². The summed E-state index contributed by atoms with van der Waals surface area (Å²) in [5.41, 5.74) is 3.21. The van der Waals surface area contributed by atoms with Crippen molar-refractivity contribution >= 4 is 23.6 Å². The monoisotopic (exact) mass is 295 g/mol. The number of nitrogens with one attached hydrogen (secondary N) is 1. The van der Waals surface area contributed by atoms with Gasteiger partial charge in [0.15, 0.2) is 0 Å². The topological polar surface area (TPSA) is 66.4 Å². The van der Waals surface area contributed by atoms with E-state index in [2.05, 4.69) is 5.32 Å². The van der Waals surface area contributed by atoms with E-state index in [4.69, 9.17) is 5.11 Å². The summed E-state index contributed by atoms with van der Waals surface area (Å²) in [6.45, 7) is 4.01. The van der Waals surface area contributed by atoms with Gasteiger partial charge in [-0.3, -0.25) is 4.79 Å². The number of aliphatic carboxylic acids is 1. The van der Waals surface area contributed by atoms with Gasteiger partial charge >= 0.3 is 5.97 Å². The summed E-state index contributed by atoms with van der Waals surface area (Å²) in [4.78, 5) is 23.0. The Morgan fingerprint density at radius 2 is 2.00 bits per heavy atom. The molecule has 2 N–H and O–H groups in total. The summed E-state index contributed by atoms with van der Waals surface area (Å²) in [5, 5.41) is 11.7. The van der Waals surface area contributed by atoms with E-state index in [9.17, 15) is 9.59 Å². The fourth-order valence-electron chi connectivity index (χ4n) is 1.84. The highest BCUT2D eigenvalue weighted by Crippen LogP contribution is 2.10. The maximum absolute atomic E-state index is 11.9. The number of carboxylic acid groups (broad SMARTS) is 1. The van der Waals surface area contributed by atoms with Crippen molar-refractivity contribution in [3.05, 3.63) is 34.9 Å². The second kappa shape index (κ2) is 7.94. The highest BCUT2D eigenvalue weighted by atomic mass is 32.2. The van der Waals surface area contributed by atoms with Crippen LogP contribution in [0, 0.1) is 13.8 Å². The van der Waals surface area contributed by atoms with E-state index in [1.54, 1.807) is 11.8 Å². The fourth-order valence-corrected chi connectivity index (χ4v) is 2.31. The van der Waals surface area contributed by atoms with Gasteiger partial charge < -0.3 is 10.4 Å². The lowest BCUT2D eigenvalue weighted by Crippen LogP contribution is -2.41. The zero-order valence-corrected chi connectivity index (χ0v) is 12.9. The number of thioether (sulfide) groups is 1. The lowest BCUT2D eigenvalue weighted by molar-refractivity contribution is -0.141. The Kier molecular flexibility index (Phi) is 6.58. The highest BCUT2D eigenvalue weighted by molar-refractivity contribution is 7.98. The van der Waals surface area contributed by atoms with Gasteiger partial charge in [0.2, 0.25) is 5.91 Å². The Morgan fingerprint density at radius 3 is 2.55 bits per heavy atom. The van der Waals surface area contributed by atoms with Crippen molar-refractivity contribution in [3.63, 3.8) is 0 Å². The molecular formula is C15H21NO3S. The molecule has 0 saturated heterocycles. The minimum absolute atomic E-state index is 0.212. The second-order valence-corrected chi connectivity index (χ2v) is 5.82. The predicted molar refractivity (Wildman–Crippen MR) is 82.2 cm³/mol. The van der Waals surface area contributed by atoms with Gasteiger partial charge in [-0.05, 0) is 49.0 Å². The van der Waals surface area contributed by atoms with Crippen molar-refractivity contribution in [2.75, 3.05) is 12.0 Å². The van der Waals surface area contributed by atoms with Gasteiger partial charge in [-0.25, -0.2) is 4.79 Å². The highest BCUT2D eigenvalue weighted by Gasteiger charge is 2.19. The lowest BCUT2D eigenvalue weighted by atomic mass is 10.0. The van der Waals surface area contributed by atoms with E-state index in [0.29, 0.717) is 12.2 Å². The number of aryl methyl sites for hydroxylation is 2. The largest absolute Gasteiger partial charge is 0.480 e. The fraction of sp³-hybridized carbons (Fsp3) is 0.467. The molecule has 0 aliphatic rings. The van der Waals surface area contributed by atoms with Crippen LogP contribution in [0.4, 0.5) is 0 Å². The number of benzene rings is 1. The molecule has 0 saturated carbocycles. The molecule has 1 unspecified atom stereocenters. The van der Waals surface area contributed by atoms with Crippen molar-refractivity contribution in [1.82, 2.24) is 5.32 Å². The number of carbonyl (C=O) groups excluding carboxylic acids is 1. The van der Waals surface area contributed by atoms with E-state index >= 15 is 0 Å². The summed E-state index contributed by atoms with van der Waals surface area (Å²) in [6, 6.07) is 5.04. The van der Waals surface area contributed by atoms with Gasteiger partial charge in [0.1, 0.15) is 6.04 Å². The van der Waals surface area contributed by atoms with Gasteiger partial charge in [-0.15, -0.1) is 0 Å². The van der Waals surface area contributed by atoms with Gasteiger partial charge in [-0.2, -0.15) is 11.8 Å². The molecule has 1 rings (SSSR count). The Hall–Kier alpha value is -1.49. The van der Waals surface area contributed by atoms with Crippen molar-refractivity contribution < 1.29 is 14.7 Å². The molecule has 5 heteroatoms. The molecule has 0 aliphatic heterocycles. The molecule has 1 aromatic rings. The molecule has 0 fully saturated rings. The Bertz CT molecular complexity index is 488. The van der Waals surface area contributed by atoms with Crippen molar-refractivity contribution in [2.24, 2.45) is 0 Å². The van der Waals surface area contributed by atoms with Crippen LogP contribution >= 0.6 is 11.8 Å². The first kappa shape index (κ1) is 16.6. The quantitative estimate of drug-likeness (QED) is 0.809. The van der Waals surface area contributed by atoms with Crippen LogP contribution in [0.25, 0.3) is 0 Å². The third-order valence-corrected chi connectivity index (χ3v) is 3.82. The zero-order chi connectivity index (χ0) is 15.1. The molecular weight excluding hydrogens is 274 g/mol. The molecule has 0 heterocycles. The number of rotatable bonds is 7. The molecule has 1 aromatic carbocycles. The summed E-state index contributed by atoms with van der Waals surface area (Å²) in [5.74, 6) is -0.518. The van der Waals surface area contributed by atoms with Gasteiger partial charge in [0, 0.05) is 0 Å². The number of hydrogen-bond donors (Lipinski definition) is 2. The summed E-state index contributed by atoms with van der Waals surface area (Å²) < 4.78 is 0. The van der Waals surface area contributed by atoms with E-state index < -0.39 is 12.0 Å². The normalized spacial score (nSPS) is 11.9. The Balaban J connectivity index is 2.60. The lowest BCUT2D eigenvalue weighted by Gasteiger charge is -2.14. The smallest absolute Gasteiger partial charge is 0.326 e. The van der Waals surface area contributed by atoms with E-state index in [0.717, 1.165) is 11.1 Å². The minimum atomic E-state index is -0.979. The van der Waals surface area contributed by atoms with E-state index in [1.165, 1.54) is 5.56 Å². The zero-order valence-electron chi connectivity index (χ0n) is 12.1. The van der Waals surface area contributed by atoms with Gasteiger partial charge in [0.05, 0.1) is 6.42 Å². The first-order chi connectivity index (χ1) is 9.43. The third-order valence-electron chi connectivity index (χ3n) is 3.18. The molecule has 0 aliphatic carbocycles. The van der Waals surface area contributed by atoms with Crippen molar-refractivity contribution in [2.45, 2.75) is 32.7 Å². The summed E-state index contributed by atoms with van der Waals surface area (Å²) in [7, 11) is 0. The average Bonchev–Trinajstić information content (AvgIpc) is 2.38. The van der Waals surface area contributed by atoms with Crippen LogP contribution in [-0.2, 0) is 16.0 Å². The number of carboxylic acids is 1. The first-order valence-electron chi connectivity index (χ1n) is 6.51. The molecule has 4 nitrogen and oxygen atoms in total. The number of hydrogen-bond acceptors (Lipinski definition) is 3. The minimum Gasteiger partial charge on any atom is -0.480 e. The van der Waals surface area contributed by atoms with Crippen LogP contribution in [0.5, 0.6) is 0 Å². The van der Waals surface area contributed by atoms with E-state index in [1.807, 2.05) is 38.3 Å². The van der Waals surface area contributed by atoms with Crippen LogP contribution in [0.3, 0.4) is 0 Å². The molecule has 0 spiro atoms. The molecule has 0 radical (unpaired) electrons. The number of carbonyl (C=O) groups is 2. The maximum Gasteiger partial charge on any atom is 0.326 e. The standard InChI is InChI=1S/C15H21NO3S/c1-10-4-5-12(8-11(10)2)9-14(17)16-13(15(18)19)6-7-20-3/h4-5,8,13H,6-7,9H2,1-3H3,(H,16,17)(H,18,19). The summed E-state index contributed by atoms with van der Waals surface area (Å²) >= 11 is 1.57. The second-order valence-electron chi connectivity index (χ2n) is 4.84. The molecule has 110 valence electrons. The third kappa shape index (κ3) is 5.25. The van der Waals surface area contributed by atoms with E-state index in [-0.39, 0.29) is 12.3 Å². The molecule has 1 amide bonds. The first-order valence-corrected chi connectivity index (χ1v) is 7.90. The number of amides is 1. The maximum atomic E-state index is 11.9. The molecule has 0 aromatic heterocycles. The van der Waals surface area contributed by atoms with Gasteiger partial charge in [-0.1, -0.05) is 18.2 Å².